The van der Waals surface area contributed by atoms with E-state index < -0.39 is 23.2 Å². The zero-order chi connectivity index (χ0) is 15.6. The topological polar surface area (TPSA) is 55.1 Å². The van der Waals surface area contributed by atoms with Gasteiger partial charge in [-0.15, -0.1) is 0 Å². The molecule has 0 unspecified atom stereocenters. The SMILES string of the molecule is CCC(N)(CC)C(=O)Nc1cc(Br)cc(C(F)(F)F)c1. The van der Waals surface area contributed by atoms with Crippen molar-refractivity contribution in [2.45, 2.75) is 38.4 Å². The standard InChI is InChI=1S/C13H16BrF3N2O/c1-3-12(18,4-2)11(20)19-10-6-8(13(15,16)17)5-9(14)7-10/h5-7H,3-4,18H2,1-2H3,(H,19,20). The molecule has 7 heteroatoms. The number of nitrogens with two attached hydrogens (primary N) is 1. The van der Waals surface area contributed by atoms with Gasteiger partial charge < -0.3 is 11.1 Å². The molecule has 3 nitrogen and oxygen atoms in total. The summed E-state index contributed by atoms with van der Waals surface area (Å²) in [4.78, 5) is 12.0. The lowest BCUT2D eigenvalue weighted by Crippen LogP contribution is -2.50. The summed E-state index contributed by atoms with van der Waals surface area (Å²) in [7, 11) is 0. The van der Waals surface area contributed by atoms with Gasteiger partial charge in [0, 0.05) is 10.2 Å². The van der Waals surface area contributed by atoms with Gasteiger partial charge in [-0.2, -0.15) is 13.2 Å². The molecule has 20 heavy (non-hydrogen) atoms. The summed E-state index contributed by atoms with van der Waals surface area (Å²) < 4.78 is 38.3. The Morgan fingerprint density at radius 3 is 2.25 bits per heavy atom. The molecule has 0 aromatic heterocycles. The number of anilines is 1. The summed E-state index contributed by atoms with van der Waals surface area (Å²) >= 11 is 3.00. The second-order valence-electron chi connectivity index (χ2n) is 4.54. The molecular formula is C13H16BrF3N2O. The number of alkyl halides is 3. The van der Waals surface area contributed by atoms with Gasteiger partial charge in [-0.25, -0.2) is 0 Å². The summed E-state index contributed by atoms with van der Waals surface area (Å²) in [5.41, 5.74) is 4.05. The van der Waals surface area contributed by atoms with Crippen LogP contribution in [0.5, 0.6) is 0 Å². The first kappa shape index (κ1) is 17.0. The van der Waals surface area contributed by atoms with E-state index in [4.69, 9.17) is 5.73 Å². The Bertz CT molecular complexity index is 499. The number of nitrogens with one attached hydrogen (secondary N) is 1. The molecule has 0 saturated carbocycles. The number of carbonyl (C=O) groups excluding carboxylic acids is 1. The third-order valence-corrected chi connectivity index (χ3v) is 3.65. The van der Waals surface area contributed by atoms with Gasteiger partial charge in [-0.05, 0) is 31.0 Å². The Labute approximate surface area is 123 Å². The third-order valence-electron chi connectivity index (χ3n) is 3.20. The second kappa shape index (κ2) is 6.13. The van der Waals surface area contributed by atoms with Crippen molar-refractivity contribution in [2.24, 2.45) is 5.73 Å². The van der Waals surface area contributed by atoms with E-state index in [2.05, 4.69) is 21.2 Å². The zero-order valence-electron chi connectivity index (χ0n) is 11.1. The van der Waals surface area contributed by atoms with Crippen molar-refractivity contribution in [3.63, 3.8) is 0 Å². The van der Waals surface area contributed by atoms with Crippen LogP contribution < -0.4 is 11.1 Å². The van der Waals surface area contributed by atoms with E-state index in [-0.39, 0.29) is 10.2 Å². The Balaban J connectivity index is 3.05. The van der Waals surface area contributed by atoms with Crippen molar-refractivity contribution < 1.29 is 18.0 Å². The van der Waals surface area contributed by atoms with E-state index in [1.807, 2.05) is 0 Å². The van der Waals surface area contributed by atoms with Crippen molar-refractivity contribution >= 4 is 27.5 Å². The molecule has 1 amide bonds. The normalized spacial score (nSPS) is 12.3. The van der Waals surface area contributed by atoms with Gasteiger partial charge in [0.2, 0.25) is 5.91 Å². The molecule has 0 radical (unpaired) electrons. The number of amides is 1. The summed E-state index contributed by atoms with van der Waals surface area (Å²) in [5, 5.41) is 2.44. The predicted molar refractivity (Wildman–Crippen MR) is 75.3 cm³/mol. The van der Waals surface area contributed by atoms with Crippen molar-refractivity contribution in [3.05, 3.63) is 28.2 Å². The lowest BCUT2D eigenvalue weighted by Gasteiger charge is -2.25. The van der Waals surface area contributed by atoms with Crippen molar-refractivity contribution in [2.75, 3.05) is 5.32 Å². The molecule has 1 aromatic rings. The summed E-state index contributed by atoms with van der Waals surface area (Å²) in [6, 6.07) is 3.23. The van der Waals surface area contributed by atoms with E-state index in [1.54, 1.807) is 13.8 Å². The van der Waals surface area contributed by atoms with Crippen molar-refractivity contribution in [3.8, 4) is 0 Å². The molecule has 0 aliphatic heterocycles. The summed E-state index contributed by atoms with van der Waals surface area (Å²) in [6.45, 7) is 3.51. The minimum atomic E-state index is -4.47. The predicted octanol–water partition coefficient (Wildman–Crippen LogP) is 3.92. The highest BCUT2D eigenvalue weighted by atomic mass is 79.9. The van der Waals surface area contributed by atoms with Crippen LogP contribution >= 0.6 is 15.9 Å². The molecule has 1 rings (SSSR count). The molecular weight excluding hydrogens is 337 g/mol. The lowest BCUT2D eigenvalue weighted by atomic mass is 9.93. The molecule has 0 saturated heterocycles. The first-order chi connectivity index (χ1) is 9.12. The van der Waals surface area contributed by atoms with Crippen molar-refractivity contribution in [1.29, 1.82) is 0 Å². The number of carbonyl (C=O) groups is 1. The summed E-state index contributed by atoms with van der Waals surface area (Å²) in [5.74, 6) is -0.492. The fourth-order valence-corrected chi connectivity index (χ4v) is 2.15. The maximum atomic E-state index is 12.7. The Morgan fingerprint density at radius 1 is 1.25 bits per heavy atom. The lowest BCUT2D eigenvalue weighted by molar-refractivity contribution is -0.137. The fourth-order valence-electron chi connectivity index (χ4n) is 1.65. The van der Waals surface area contributed by atoms with Crippen LogP contribution in [0.4, 0.5) is 18.9 Å². The zero-order valence-corrected chi connectivity index (χ0v) is 12.7. The van der Waals surface area contributed by atoms with E-state index in [1.165, 1.54) is 6.07 Å². The smallest absolute Gasteiger partial charge is 0.324 e. The number of hydrogen-bond acceptors (Lipinski definition) is 2. The molecule has 1 aromatic carbocycles. The Morgan fingerprint density at radius 2 is 1.80 bits per heavy atom. The fraction of sp³-hybridized carbons (Fsp3) is 0.462. The highest BCUT2D eigenvalue weighted by molar-refractivity contribution is 9.10. The van der Waals surface area contributed by atoms with Crippen LogP contribution in [0.3, 0.4) is 0 Å². The first-order valence-corrected chi connectivity index (χ1v) is 6.90. The number of hydrogen-bond donors (Lipinski definition) is 2. The molecule has 0 aliphatic rings. The average Bonchev–Trinajstić information content (AvgIpc) is 2.36. The molecule has 112 valence electrons. The molecule has 0 aliphatic carbocycles. The van der Waals surface area contributed by atoms with E-state index >= 15 is 0 Å². The minimum absolute atomic E-state index is 0.0634. The van der Waals surface area contributed by atoms with Crippen LogP contribution in [0.1, 0.15) is 32.3 Å². The van der Waals surface area contributed by atoms with Gasteiger partial charge in [0.05, 0.1) is 11.1 Å². The quantitative estimate of drug-likeness (QED) is 0.862. The van der Waals surface area contributed by atoms with Gasteiger partial charge >= 0.3 is 6.18 Å². The highest BCUT2D eigenvalue weighted by Gasteiger charge is 2.33. The second-order valence-corrected chi connectivity index (χ2v) is 5.46. The van der Waals surface area contributed by atoms with E-state index in [9.17, 15) is 18.0 Å². The van der Waals surface area contributed by atoms with Crippen LogP contribution in [0.25, 0.3) is 0 Å². The highest BCUT2D eigenvalue weighted by Crippen LogP contribution is 2.33. The maximum absolute atomic E-state index is 12.7. The third kappa shape index (κ3) is 3.96. The summed E-state index contributed by atoms with van der Waals surface area (Å²) in [6.07, 6.45) is -3.68. The maximum Gasteiger partial charge on any atom is 0.416 e. The van der Waals surface area contributed by atoms with Gasteiger partial charge in [0.1, 0.15) is 0 Å². The largest absolute Gasteiger partial charge is 0.416 e. The van der Waals surface area contributed by atoms with Crippen molar-refractivity contribution in [1.82, 2.24) is 0 Å². The molecule has 0 atom stereocenters. The molecule has 0 spiro atoms. The van der Waals surface area contributed by atoms with Gasteiger partial charge in [0.25, 0.3) is 0 Å². The monoisotopic (exact) mass is 352 g/mol. The molecule has 3 N–H and O–H groups in total. The van der Waals surface area contributed by atoms with E-state index in [0.29, 0.717) is 12.8 Å². The van der Waals surface area contributed by atoms with Crippen LogP contribution in [0.2, 0.25) is 0 Å². The van der Waals surface area contributed by atoms with Gasteiger partial charge in [-0.1, -0.05) is 29.8 Å². The Hall–Kier alpha value is -1.08. The Kier molecular flexibility index (Phi) is 5.21. The molecule has 0 heterocycles. The number of rotatable bonds is 4. The van der Waals surface area contributed by atoms with Gasteiger partial charge in [0.15, 0.2) is 0 Å². The van der Waals surface area contributed by atoms with Crippen LogP contribution in [-0.2, 0) is 11.0 Å². The minimum Gasteiger partial charge on any atom is -0.324 e. The number of benzene rings is 1. The van der Waals surface area contributed by atoms with Crippen LogP contribution in [0, 0.1) is 0 Å². The molecule has 0 fully saturated rings. The molecule has 0 bridgehead atoms. The van der Waals surface area contributed by atoms with Crippen LogP contribution in [-0.4, -0.2) is 11.4 Å². The number of halogens is 4. The van der Waals surface area contributed by atoms with Gasteiger partial charge in [-0.3, -0.25) is 4.79 Å². The van der Waals surface area contributed by atoms with Crippen LogP contribution in [0.15, 0.2) is 22.7 Å². The average molecular weight is 353 g/mol. The van der Waals surface area contributed by atoms with E-state index in [0.717, 1.165) is 12.1 Å². The first-order valence-electron chi connectivity index (χ1n) is 6.10.